The molecule has 236 valence electrons. The highest BCUT2D eigenvalue weighted by Gasteiger charge is 2.43. The van der Waals surface area contributed by atoms with Crippen molar-refractivity contribution in [3.05, 3.63) is 95.6 Å². The maximum absolute atomic E-state index is 14.1. The Balaban J connectivity index is 0.00000259. The number of carboxylic acids is 1. The van der Waals surface area contributed by atoms with E-state index in [1.165, 1.54) is 11.9 Å². The Morgan fingerprint density at radius 1 is 0.955 bits per heavy atom. The molecule has 1 saturated heterocycles. The van der Waals surface area contributed by atoms with E-state index >= 15 is 0 Å². The molecule has 0 radical (unpaired) electrons. The molecule has 2 amide bonds. The first-order chi connectivity index (χ1) is 20.9. The molecule has 44 heavy (non-hydrogen) atoms. The average molecular weight is 601 g/mol. The third kappa shape index (κ3) is 9.00. The number of piperidine rings is 1. The smallest absolute Gasteiger partial charge is 0.310 e. The number of nitrogens with zero attached hydrogens (tertiary/aromatic N) is 2. The minimum Gasteiger partial charge on any atom is -0.481 e. The molecular formula is C36H48N4O4. The quantitative estimate of drug-likeness (QED) is 0.287. The molecule has 3 aromatic carbocycles. The van der Waals surface area contributed by atoms with Gasteiger partial charge in [0.2, 0.25) is 11.8 Å². The van der Waals surface area contributed by atoms with E-state index in [1.54, 1.807) is 18.0 Å². The third-order valence-electron chi connectivity index (χ3n) is 8.32. The summed E-state index contributed by atoms with van der Waals surface area (Å²) >= 11 is 0. The minimum absolute atomic E-state index is 0.164. The maximum Gasteiger partial charge on any atom is 0.310 e. The highest BCUT2D eigenvalue weighted by atomic mass is 16.4. The van der Waals surface area contributed by atoms with Crippen LogP contribution in [0.1, 0.15) is 51.2 Å². The summed E-state index contributed by atoms with van der Waals surface area (Å²) in [4.78, 5) is 43.3. The number of carboxylic acid groups (broad SMARTS) is 1. The predicted octanol–water partition coefficient (Wildman–Crippen LogP) is 4.79. The van der Waals surface area contributed by atoms with Gasteiger partial charge in [0.1, 0.15) is 6.04 Å². The van der Waals surface area contributed by atoms with Crippen LogP contribution in [0.25, 0.3) is 10.8 Å². The monoisotopic (exact) mass is 600 g/mol. The topological polar surface area (TPSA) is 130 Å². The van der Waals surface area contributed by atoms with E-state index in [9.17, 15) is 19.5 Å². The molecule has 4 rings (SSSR count). The van der Waals surface area contributed by atoms with Crippen LogP contribution in [0.4, 0.5) is 0 Å². The number of nitrogens with two attached hydrogens (primary N) is 2. The van der Waals surface area contributed by atoms with Crippen LogP contribution in [-0.2, 0) is 27.2 Å². The number of rotatable bonds is 10. The number of carbonyl (C=O) groups is 3. The SMILES string of the molecule is C/C(=C\C(=O)N(C)[C@H](Cc1ccc2ccccc2c1)C(=O)N1CCC(Cc2ccccc2)(C(=O)O)CC1)CC(C)(C)N.CN. The van der Waals surface area contributed by atoms with E-state index in [4.69, 9.17) is 5.73 Å². The number of fused-ring (bicyclic) bond motifs is 1. The molecule has 0 unspecified atom stereocenters. The van der Waals surface area contributed by atoms with Gasteiger partial charge in [-0.25, -0.2) is 0 Å². The Morgan fingerprint density at radius 2 is 1.55 bits per heavy atom. The summed E-state index contributed by atoms with van der Waals surface area (Å²) in [6, 6.07) is 23.1. The third-order valence-corrected chi connectivity index (χ3v) is 8.32. The number of carbonyl (C=O) groups excluding carboxylic acids is 2. The molecule has 0 saturated carbocycles. The van der Waals surface area contributed by atoms with E-state index < -0.39 is 23.0 Å². The highest BCUT2D eigenvalue weighted by Crippen LogP contribution is 2.36. The van der Waals surface area contributed by atoms with Gasteiger partial charge in [0, 0.05) is 38.2 Å². The van der Waals surface area contributed by atoms with Crippen LogP contribution in [0, 0.1) is 5.41 Å². The van der Waals surface area contributed by atoms with E-state index in [-0.39, 0.29) is 11.8 Å². The molecule has 3 aromatic rings. The first-order valence-corrected chi connectivity index (χ1v) is 15.2. The maximum atomic E-state index is 14.1. The van der Waals surface area contributed by atoms with Crippen LogP contribution in [0.15, 0.2) is 84.4 Å². The number of likely N-dealkylation sites (tertiary alicyclic amines) is 1. The molecule has 5 N–H and O–H groups in total. The van der Waals surface area contributed by atoms with Gasteiger partial charge in [0.25, 0.3) is 0 Å². The zero-order valence-corrected chi connectivity index (χ0v) is 26.8. The summed E-state index contributed by atoms with van der Waals surface area (Å²) in [6.45, 7) is 6.35. The second-order valence-corrected chi connectivity index (χ2v) is 12.6. The van der Waals surface area contributed by atoms with Crippen molar-refractivity contribution in [3.8, 4) is 0 Å². The van der Waals surface area contributed by atoms with Gasteiger partial charge in [0.05, 0.1) is 5.41 Å². The Bertz CT molecular complexity index is 1450. The summed E-state index contributed by atoms with van der Waals surface area (Å²) in [7, 11) is 3.17. The Morgan fingerprint density at radius 3 is 2.14 bits per heavy atom. The zero-order valence-electron chi connectivity index (χ0n) is 26.8. The van der Waals surface area contributed by atoms with Crippen LogP contribution in [0.3, 0.4) is 0 Å². The summed E-state index contributed by atoms with van der Waals surface area (Å²) < 4.78 is 0. The number of hydrogen-bond acceptors (Lipinski definition) is 5. The zero-order chi connectivity index (χ0) is 32.5. The molecule has 1 atom stereocenters. The van der Waals surface area contributed by atoms with E-state index in [0.717, 1.165) is 27.5 Å². The molecule has 0 spiro atoms. The Kier molecular flexibility index (Phi) is 11.9. The van der Waals surface area contributed by atoms with Crippen LogP contribution in [0.5, 0.6) is 0 Å². The molecule has 8 nitrogen and oxygen atoms in total. The van der Waals surface area contributed by atoms with Crippen molar-refractivity contribution in [2.24, 2.45) is 16.9 Å². The number of aliphatic carboxylic acids is 1. The van der Waals surface area contributed by atoms with Crippen molar-refractivity contribution in [1.82, 2.24) is 9.80 Å². The van der Waals surface area contributed by atoms with Crippen LogP contribution < -0.4 is 11.5 Å². The number of benzene rings is 3. The van der Waals surface area contributed by atoms with Crippen LogP contribution >= 0.6 is 0 Å². The molecule has 1 aliphatic rings. The van der Waals surface area contributed by atoms with Crippen molar-refractivity contribution in [2.75, 3.05) is 27.2 Å². The lowest BCUT2D eigenvalue weighted by Crippen LogP contribution is -2.54. The van der Waals surface area contributed by atoms with Gasteiger partial charge in [0.15, 0.2) is 0 Å². The second kappa shape index (κ2) is 15.1. The Hall–Kier alpha value is -4.01. The lowest BCUT2D eigenvalue weighted by Gasteiger charge is -2.41. The highest BCUT2D eigenvalue weighted by molar-refractivity contribution is 5.93. The van der Waals surface area contributed by atoms with E-state index in [2.05, 4.69) is 11.8 Å². The van der Waals surface area contributed by atoms with E-state index in [0.29, 0.717) is 45.2 Å². The molecule has 1 aliphatic heterocycles. The molecule has 8 heteroatoms. The summed E-state index contributed by atoms with van der Waals surface area (Å²) in [5, 5.41) is 12.4. The number of amides is 2. The van der Waals surface area contributed by atoms with Gasteiger partial charge in [-0.05, 0) is 75.4 Å². The molecular weight excluding hydrogens is 552 g/mol. The predicted molar refractivity (Wildman–Crippen MR) is 177 cm³/mol. The minimum atomic E-state index is -0.928. The van der Waals surface area contributed by atoms with Crippen LogP contribution in [0.2, 0.25) is 0 Å². The van der Waals surface area contributed by atoms with Gasteiger partial charge >= 0.3 is 5.97 Å². The number of likely N-dealkylation sites (N-methyl/N-ethyl adjacent to an activating group) is 1. The fraction of sp³-hybridized carbons (Fsp3) is 0.417. The van der Waals surface area contributed by atoms with Crippen molar-refractivity contribution >= 4 is 28.6 Å². The van der Waals surface area contributed by atoms with Crippen molar-refractivity contribution in [2.45, 2.75) is 64.5 Å². The first-order valence-electron chi connectivity index (χ1n) is 15.2. The van der Waals surface area contributed by atoms with Gasteiger partial charge in [-0.1, -0.05) is 78.4 Å². The van der Waals surface area contributed by atoms with Gasteiger partial charge < -0.3 is 26.4 Å². The molecule has 0 aromatic heterocycles. The van der Waals surface area contributed by atoms with Gasteiger partial charge in [-0.2, -0.15) is 0 Å². The second-order valence-electron chi connectivity index (χ2n) is 12.6. The fourth-order valence-corrected chi connectivity index (χ4v) is 6.03. The molecule has 0 aliphatic carbocycles. The standard InChI is InChI=1S/C35H43N3O4.CH5N/c1-25(23-34(2,3)36)20-31(39)37(4)30(22-27-14-15-28-12-8-9-13-29(28)21-27)32(40)38-18-16-35(17-19-38,33(41)42)24-26-10-6-5-7-11-26;1-2/h5-15,20-21,30H,16-19,22-24,36H2,1-4H3,(H,41,42);2H2,1H3/b25-20+;/t30-;/m1./s1. The average Bonchev–Trinajstić information content (AvgIpc) is 3.00. The molecule has 1 fully saturated rings. The molecule has 1 heterocycles. The van der Waals surface area contributed by atoms with Crippen LogP contribution in [-0.4, -0.2) is 71.5 Å². The van der Waals surface area contributed by atoms with Crippen molar-refractivity contribution in [1.29, 1.82) is 0 Å². The lowest BCUT2D eigenvalue weighted by molar-refractivity contribution is -0.155. The van der Waals surface area contributed by atoms with Gasteiger partial charge in [-0.15, -0.1) is 0 Å². The van der Waals surface area contributed by atoms with Crippen molar-refractivity contribution in [3.63, 3.8) is 0 Å². The molecule has 0 bridgehead atoms. The van der Waals surface area contributed by atoms with E-state index in [1.807, 2.05) is 87.5 Å². The Labute approximate surface area is 261 Å². The summed E-state index contributed by atoms with van der Waals surface area (Å²) in [6.07, 6.45) is 3.61. The summed E-state index contributed by atoms with van der Waals surface area (Å²) in [5.41, 5.74) is 12.1. The first kappa shape index (κ1) is 34.5. The lowest BCUT2D eigenvalue weighted by atomic mass is 9.73. The summed E-state index contributed by atoms with van der Waals surface area (Å²) in [5.74, 6) is -1.25. The van der Waals surface area contributed by atoms with Crippen molar-refractivity contribution < 1.29 is 19.5 Å². The van der Waals surface area contributed by atoms with Gasteiger partial charge in [-0.3, -0.25) is 14.4 Å². The largest absolute Gasteiger partial charge is 0.481 e. The number of hydrogen-bond donors (Lipinski definition) is 3. The fourth-order valence-electron chi connectivity index (χ4n) is 6.03. The normalized spacial score (nSPS) is 15.6.